The Labute approximate surface area is 196 Å². The number of rotatable bonds is 9. The summed E-state index contributed by atoms with van der Waals surface area (Å²) in [7, 11) is 4.07. The van der Waals surface area contributed by atoms with Crippen LogP contribution in [0.1, 0.15) is 30.8 Å². The van der Waals surface area contributed by atoms with Crippen molar-refractivity contribution in [3.8, 4) is 0 Å². The lowest BCUT2D eigenvalue weighted by molar-refractivity contribution is -0.113. The number of carbonyl (C=O) groups excluding carboxylic acids is 1. The SMILES string of the molecule is CC[C@H](c1nnc(SCC(=O)Nc2ccc(Cl)c(Cl)c2)n1Cc1ccccc1)N(C)C. The number of benzene rings is 2. The molecule has 0 unspecified atom stereocenters. The summed E-state index contributed by atoms with van der Waals surface area (Å²) in [5.41, 5.74) is 1.75. The molecule has 1 aromatic heterocycles. The van der Waals surface area contributed by atoms with E-state index in [1.165, 1.54) is 11.8 Å². The summed E-state index contributed by atoms with van der Waals surface area (Å²) in [6.45, 7) is 2.77. The van der Waals surface area contributed by atoms with Crippen LogP contribution in [0.25, 0.3) is 0 Å². The topological polar surface area (TPSA) is 63.1 Å². The molecule has 2 aromatic carbocycles. The van der Waals surface area contributed by atoms with E-state index in [0.29, 0.717) is 27.4 Å². The molecule has 0 radical (unpaired) electrons. The molecule has 1 amide bonds. The summed E-state index contributed by atoms with van der Waals surface area (Å²) in [6, 6.07) is 15.3. The van der Waals surface area contributed by atoms with Gasteiger partial charge in [-0.25, -0.2) is 0 Å². The van der Waals surface area contributed by atoms with Gasteiger partial charge in [0.2, 0.25) is 5.91 Å². The highest BCUT2D eigenvalue weighted by molar-refractivity contribution is 7.99. The third-order valence-electron chi connectivity index (χ3n) is 4.77. The summed E-state index contributed by atoms with van der Waals surface area (Å²) < 4.78 is 2.10. The first-order chi connectivity index (χ1) is 14.9. The first kappa shape index (κ1) is 23.6. The van der Waals surface area contributed by atoms with E-state index in [4.69, 9.17) is 23.2 Å². The standard InChI is InChI=1S/C22H25Cl2N5OS/c1-4-19(28(2)3)21-26-27-22(29(21)13-15-8-6-5-7-9-15)31-14-20(30)25-16-10-11-17(23)18(24)12-16/h5-12,19H,4,13-14H2,1-3H3,(H,25,30)/t19-/m1/s1. The van der Waals surface area contributed by atoms with E-state index in [9.17, 15) is 4.79 Å². The second-order valence-electron chi connectivity index (χ2n) is 7.27. The van der Waals surface area contributed by atoms with Gasteiger partial charge in [0.25, 0.3) is 0 Å². The number of amides is 1. The fourth-order valence-corrected chi connectivity index (χ4v) is 4.29. The summed E-state index contributed by atoms with van der Waals surface area (Å²) >= 11 is 13.3. The lowest BCUT2D eigenvalue weighted by Gasteiger charge is -2.23. The molecule has 0 aliphatic heterocycles. The lowest BCUT2D eigenvalue weighted by Crippen LogP contribution is -2.23. The van der Waals surface area contributed by atoms with Gasteiger partial charge in [0, 0.05) is 5.69 Å². The maximum Gasteiger partial charge on any atom is 0.234 e. The second-order valence-corrected chi connectivity index (χ2v) is 9.02. The highest BCUT2D eigenvalue weighted by Crippen LogP contribution is 2.27. The van der Waals surface area contributed by atoms with Gasteiger partial charge in [-0.1, -0.05) is 72.2 Å². The van der Waals surface area contributed by atoms with E-state index in [-0.39, 0.29) is 17.7 Å². The third kappa shape index (κ3) is 6.23. The van der Waals surface area contributed by atoms with Crippen LogP contribution >= 0.6 is 35.0 Å². The quantitative estimate of drug-likeness (QED) is 0.419. The van der Waals surface area contributed by atoms with Gasteiger partial charge >= 0.3 is 0 Å². The van der Waals surface area contributed by atoms with Crippen molar-refractivity contribution >= 4 is 46.6 Å². The van der Waals surface area contributed by atoms with Crippen molar-refractivity contribution in [2.45, 2.75) is 31.1 Å². The van der Waals surface area contributed by atoms with E-state index in [1.54, 1.807) is 18.2 Å². The van der Waals surface area contributed by atoms with Gasteiger partial charge in [0.05, 0.1) is 28.4 Å². The molecule has 1 N–H and O–H groups in total. The van der Waals surface area contributed by atoms with E-state index >= 15 is 0 Å². The highest BCUT2D eigenvalue weighted by Gasteiger charge is 2.22. The predicted molar refractivity (Wildman–Crippen MR) is 128 cm³/mol. The summed E-state index contributed by atoms with van der Waals surface area (Å²) in [4.78, 5) is 14.6. The van der Waals surface area contributed by atoms with Crippen molar-refractivity contribution < 1.29 is 4.79 Å². The molecular formula is C22H25Cl2N5OS. The van der Waals surface area contributed by atoms with E-state index < -0.39 is 0 Å². The van der Waals surface area contributed by atoms with Crippen LogP contribution < -0.4 is 5.32 Å². The Balaban J connectivity index is 1.77. The molecule has 6 nitrogen and oxygen atoms in total. The molecule has 0 aliphatic rings. The van der Waals surface area contributed by atoms with Crippen LogP contribution in [-0.4, -0.2) is 45.4 Å². The van der Waals surface area contributed by atoms with Gasteiger partial charge in [0.1, 0.15) is 0 Å². The fourth-order valence-electron chi connectivity index (χ4n) is 3.25. The number of halogens is 2. The van der Waals surface area contributed by atoms with Crippen molar-refractivity contribution in [1.82, 2.24) is 19.7 Å². The zero-order valence-electron chi connectivity index (χ0n) is 17.7. The smallest absolute Gasteiger partial charge is 0.234 e. The van der Waals surface area contributed by atoms with E-state index in [1.807, 2.05) is 32.3 Å². The minimum Gasteiger partial charge on any atom is -0.325 e. The Hall–Kier alpha value is -2.06. The molecule has 0 saturated heterocycles. The molecule has 0 bridgehead atoms. The molecule has 0 spiro atoms. The minimum atomic E-state index is -0.154. The largest absolute Gasteiger partial charge is 0.325 e. The molecular weight excluding hydrogens is 453 g/mol. The average Bonchev–Trinajstić information content (AvgIpc) is 3.12. The van der Waals surface area contributed by atoms with Crippen molar-refractivity contribution in [1.29, 1.82) is 0 Å². The molecule has 31 heavy (non-hydrogen) atoms. The van der Waals surface area contributed by atoms with Crippen LogP contribution in [0.4, 0.5) is 5.69 Å². The fraction of sp³-hybridized carbons (Fsp3) is 0.318. The first-order valence-corrected chi connectivity index (χ1v) is 11.6. The molecule has 3 rings (SSSR count). The van der Waals surface area contributed by atoms with Gasteiger partial charge in [-0.3, -0.25) is 9.69 Å². The van der Waals surface area contributed by atoms with E-state index in [2.05, 4.69) is 44.0 Å². The molecule has 0 aliphatic carbocycles. The Bertz CT molecular complexity index is 1030. The lowest BCUT2D eigenvalue weighted by atomic mass is 10.2. The van der Waals surface area contributed by atoms with Crippen molar-refractivity contribution in [3.05, 3.63) is 70.0 Å². The average molecular weight is 478 g/mol. The van der Waals surface area contributed by atoms with Crippen LogP contribution in [0.5, 0.6) is 0 Å². The Morgan fingerprint density at radius 2 is 1.87 bits per heavy atom. The molecule has 0 saturated carbocycles. The van der Waals surface area contributed by atoms with Crippen molar-refractivity contribution in [3.63, 3.8) is 0 Å². The number of aromatic nitrogens is 3. The van der Waals surface area contributed by atoms with Crippen LogP contribution in [0.15, 0.2) is 53.7 Å². The van der Waals surface area contributed by atoms with Crippen LogP contribution in [-0.2, 0) is 11.3 Å². The normalized spacial score (nSPS) is 12.2. The van der Waals surface area contributed by atoms with Gasteiger partial charge in [-0.05, 0) is 44.3 Å². The number of anilines is 1. The maximum absolute atomic E-state index is 12.5. The second kappa shape index (κ2) is 11.0. The van der Waals surface area contributed by atoms with Crippen molar-refractivity contribution in [2.24, 2.45) is 0 Å². The zero-order valence-corrected chi connectivity index (χ0v) is 20.0. The molecule has 0 fully saturated rings. The Morgan fingerprint density at radius 3 is 2.52 bits per heavy atom. The summed E-state index contributed by atoms with van der Waals surface area (Å²) in [5, 5.41) is 13.3. The molecule has 164 valence electrons. The van der Waals surface area contributed by atoms with Gasteiger partial charge < -0.3 is 9.88 Å². The van der Waals surface area contributed by atoms with Gasteiger partial charge in [-0.15, -0.1) is 10.2 Å². The number of nitrogens with one attached hydrogen (secondary N) is 1. The number of carbonyl (C=O) groups is 1. The molecule has 9 heteroatoms. The summed E-state index contributed by atoms with van der Waals surface area (Å²) in [6.07, 6.45) is 0.905. The first-order valence-electron chi connectivity index (χ1n) is 9.90. The van der Waals surface area contributed by atoms with E-state index in [0.717, 1.165) is 17.8 Å². The zero-order chi connectivity index (χ0) is 22.4. The van der Waals surface area contributed by atoms with Gasteiger partial charge in [-0.2, -0.15) is 0 Å². The Morgan fingerprint density at radius 1 is 1.13 bits per heavy atom. The Kier molecular flexibility index (Phi) is 8.37. The number of hydrogen-bond acceptors (Lipinski definition) is 5. The van der Waals surface area contributed by atoms with Crippen LogP contribution in [0, 0.1) is 0 Å². The molecule has 1 heterocycles. The number of thioether (sulfide) groups is 1. The number of hydrogen-bond donors (Lipinski definition) is 1. The third-order valence-corrected chi connectivity index (χ3v) is 6.48. The maximum atomic E-state index is 12.5. The summed E-state index contributed by atoms with van der Waals surface area (Å²) in [5.74, 6) is 0.939. The van der Waals surface area contributed by atoms with Crippen molar-refractivity contribution in [2.75, 3.05) is 25.2 Å². The monoisotopic (exact) mass is 477 g/mol. The highest BCUT2D eigenvalue weighted by atomic mass is 35.5. The van der Waals surface area contributed by atoms with Crippen LogP contribution in [0.3, 0.4) is 0 Å². The van der Waals surface area contributed by atoms with Gasteiger partial charge in [0.15, 0.2) is 11.0 Å². The predicted octanol–water partition coefficient (Wildman–Crippen LogP) is 5.38. The van der Waals surface area contributed by atoms with Crippen LogP contribution in [0.2, 0.25) is 10.0 Å². The molecule has 3 aromatic rings. The minimum absolute atomic E-state index is 0.135. The number of nitrogens with zero attached hydrogens (tertiary/aromatic N) is 4. The molecule has 1 atom stereocenters.